The van der Waals surface area contributed by atoms with Gasteiger partial charge in [0.1, 0.15) is 0 Å². The minimum Gasteiger partial charge on any atom is -0.356 e. The molecule has 26 heavy (non-hydrogen) atoms. The van der Waals surface area contributed by atoms with Crippen molar-refractivity contribution in [2.24, 2.45) is 4.99 Å². The van der Waals surface area contributed by atoms with Gasteiger partial charge in [0.05, 0.1) is 15.6 Å². The van der Waals surface area contributed by atoms with Crippen molar-refractivity contribution in [3.63, 3.8) is 0 Å². The fourth-order valence-electron chi connectivity index (χ4n) is 2.53. The van der Waals surface area contributed by atoms with Crippen molar-refractivity contribution in [2.75, 3.05) is 20.1 Å². The molecule has 0 bridgehead atoms. The van der Waals surface area contributed by atoms with Crippen LogP contribution in [0.3, 0.4) is 0 Å². The predicted octanol–water partition coefficient (Wildman–Crippen LogP) is 3.17. The summed E-state index contributed by atoms with van der Waals surface area (Å²) in [6, 6.07) is 6.30. The minimum absolute atomic E-state index is 0.845. The number of aromatic nitrogens is 3. The van der Waals surface area contributed by atoms with Crippen molar-refractivity contribution < 1.29 is 0 Å². The maximum Gasteiger partial charge on any atom is 0.190 e. The summed E-state index contributed by atoms with van der Waals surface area (Å²) in [5, 5.41) is 14.2. The van der Waals surface area contributed by atoms with E-state index in [1.54, 1.807) is 24.6 Å². The lowest BCUT2D eigenvalue weighted by atomic mass is 10.3. The highest BCUT2D eigenvalue weighted by molar-refractivity contribution is 7.16. The Morgan fingerprint density at radius 1 is 1.27 bits per heavy atom. The summed E-state index contributed by atoms with van der Waals surface area (Å²) in [5.74, 6) is 0.845. The van der Waals surface area contributed by atoms with Crippen LogP contribution in [0.1, 0.15) is 16.3 Å². The molecule has 0 atom stereocenters. The minimum atomic E-state index is 0.845. The Balaban J connectivity index is 1.37. The molecule has 3 rings (SSSR count). The van der Waals surface area contributed by atoms with Crippen molar-refractivity contribution in [3.05, 3.63) is 45.9 Å². The molecule has 0 saturated heterocycles. The van der Waals surface area contributed by atoms with Gasteiger partial charge in [0.15, 0.2) is 5.96 Å². The van der Waals surface area contributed by atoms with Crippen LogP contribution in [-0.2, 0) is 13.0 Å². The van der Waals surface area contributed by atoms with E-state index in [0.29, 0.717) is 0 Å². The number of hydrogen-bond acceptors (Lipinski definition) is 5. The lowest BCUT2D eigenvalue weighted by molar-refractivity contribution is 0.570. The normalized spacial score (nSPS) is 11.7. The molecule has 3 aromatic rings. The molecular formula is C18H24N6S2. The Bertz CT molecular complexity index is 818. The molecule has 3 heterocycles. The molecule has 3 aromatic heterocycles. The average molecular weight is 389 g/mol. The molecule has 0 aromatic carbocycles. The third-order valence-corrected chi connectivity index (χ3v) is 5.78. The first-order chi connectivity index (χ1) is 12.7. The van der Waals surface area contributed by atoms with E-state index in [2.05, 4.69) is 43.2 Å². The Labute approximate surface area is 162 Å². The van der Waals surface area contributed by atoms with Crippen LogP contribution in [0.4, 0.5) is 0 Å². The molecular weight excluding hydrogens is 364 g/mol. The third-order valence-electron chi connectivity index (χ3n) is 3.84. The second-order valence-corrected chi connectivity index (χ2v) is 8.05. The van der Waals surface area contributed by atoms with Crippen LogP contribution in [0.15, 0.2) is 41.0 Å². The second-order valence-electron chi connectivity index (χ2n) is 5.82. The smallest absolute Gasteiger partial charge is 0.190 e. The Morgan fingerprint density at radius 2 is 2.15 bits per heavy atom. The van der Waals surface area contributed by atoms with Gasteiger partial charge in [-0.1, -0.05) is 0 Å². The standard InChI is InChI=1S/C18H24N6S2/c1-14-23-16(13-25-14)17-6-5-15(26-17)7-10-21-18(19-2)20-8-3-11-24-12-4-9-22-24/h4-6,9,12-13H,3,7-8,10-11H2,1-2H3,(H2,19,20,21). The fraction of sp³-hybridized carbons (Fsp3) is 0.389. The van der Waals surface area contributed by atoms with Crippen LogP contribution in [0, 0.1) is 6.92 Å². The van der Waals surface area contributed by atoms with Gasteiger partial charge in [0.2, 0.25) is 0 Å². The molecule has 0 amide bonds. The van der Waals surface area contributed by atoms with Crippen LogP contribution in [-0.4, -0.2) is 40.9 Å². The van der Waals surface area contributed by atoms with Crippen molar-refractivity contribution in [1.29, 1.82) is 0 Å². The molecule has 0 radical (unpaired) electrons. The fourth-order valence-corrected chi connectivity index (χ4v) is 4.19. The number of guanidine groups is 1. The molecule has 8 heteroatoms. The number of thiazole rings is 1. The Hall–Kier alpha value is -2.19. The van der Waals surface area contributed by atoms with Crippen molar-refractivity contribution in [2.45, 2.75) is 26.3 Å². The first-order valence-electron chi connectivity index (χ1n) is 8.68. The van der Waals surface area contributed by atoms with Gasteiger partial charge in [-0.2, -0.15) is 5.10 Å². The molecule has 6 nitrogen and oxygen atoms in total. The van der Waals surface area contributed by atoms with Crippen LogP contribution in [0.25, 0.3) is 10.6 Å². The SMILES string of the molecule is CN=C(NCCCn1cccn1)NCCc1ccc(-c2csc(C)n2)s1. The molecule has 0 aliphatic rings. The number of hydrogen-bond donors (Lipinski definition) is 2. The maximum atomic E-state index is 4.55. The summed E-state index contributed by atoms with van der Waals surface area (Å²) in [6.07, 6.45) is 5.76. The summed E-state index contributed by atoms with van der Waals surface area (Å²) in [6.45, 7) is 4.67. The third kappa shape index (κ3) is 5.40. The summed E-state index contributed by atoms with van der Waals surface area (Å²) in [4.78, 5) is 11.4. The van der Waals surface area contributed by atoms with Gasteiger partial charge in [-0.15, -0.1) is 22.7 Å². The van der Waals surface area contributed by atoms with E-state index in [0.717, 1.165) is 49.1 Å². The average Bonchev–Trinajstić information content (AvgIpc) is 3.38. The van der Waals surface area contributed by atoms with Gasteiger partial charge in [-0.05, 0) is 38.0 Å². The maximum absolute atomic E-state index is 4.55. The van der Waals surface area contributed by atoms with E-state index in [-0.39, 0.29) is 0 Å². The number of thiophene rings is 1. The zero-order chi connectivity index (χ0) is 18.2. The van der Waals surface area contributed by atoms with Gasteiger partial charge in [-0.25, -0.2) is 4.98 Å². The van der Waals surface area contributed by atoms with Crippen LogP contribution >= 0.6 is 22.7 Å². The number of rotatable bonds is 8. The number of aliphatic imine (C=N–C) groups is 1. The Kier molecular flexibility index (Phi) is 6.79. The first-order valence-corrected chi connectivity index (χ1v) is 10.4. The number of aryl methyl sites for hydroxylation is 2. The largest absolute Gasteiger partial charge is 0.356 e. The predicted molar refractivity (Wildman–Crippen MR) is 110 cm³/mol. The van der Waals surface area contributed by atoms with E-state index in [1.165, 1.54) is 9.75 Å². The number of nitrogens with one attached hydrogen (secondary N) is 2. The van der Waals surface area contributed by atoms with Gasteiger partial charge in [-0.3, -0.25) is 9.67 Å². The quantitative estimate of drug-likeness (QED) is 0.353. The summed E-state index contributed by atoms with van der Waals surface area (Å²) < 4.78 is 1.94. The lowest BCUT2D eigenvalue weighted by Gasteiger charge is -2.11. The molecule has 0 aliphatic heterocycles. The number of nitrogens with zero attached hydrogens (tertiary/aromatic N) is 4. The highest BCUT2D eigenvalue weighted by Gasteiger charge is 2.06. The summed E-state index contributed by atoms with van der Waals surface area (Å²) in [7, 11) is 1.80. The second kappa shape index (κ2) is 9.49. The highest BCUT2D eigenvalue weighted by atomic mass is 32.1. The van der Waals surface area contributed by atoms with E-state index < -0.39 is 0 Å². The van der Waals surface area contributed by atoms with E-state index in [1.807, 2.05) is 35.2 Å². The molecule has 0 unspecified atom stereocenters. The molecule has 0 aliphatic carbocycles. The highest BCUT2D eigenvalue weighted by Crippen LogP contribution is 2.29. The van der Waals surface area contributed by atoms with Gasteiger partial charge < -0.3 is 10.6 Å². The van der Waals surface area contributed by atoms with Crippen LogP contribution < -0.4 is 10.6 Å². The van der Waals surface area contributed by atoms with Crippen molar-refractivity contribution >= 4 is 28.6 Å². The molecule has 0 fully saturated rings. The molecule has 2 N–H and O–H groups in total. The zero-order valence-corrected chi connectivity index (χ0v) is 16.7. The van der Waals surface area contributed by atoms with Gasteiger partial charge in [0.25, 0.3) is 0 Å². The van der Waals surface area contributed by atoms with Crippen LogP contribution in [0.2, 0.25) is 0 Å². The van der Waals surface area contributed by atoms with Crippen molar-refractivity contribution in [1.82, 2.24) is 25.4 Å². The van der Waals surface area contributed by atoms with E-state index in [4.69, 9.17) is 0 Å². The van der Waals surface area contributed by atoms with E-state index in [9.17, 15) is 0 Å². The van der Waals surface area contributed by atoms with Gasteiger partial charge in [0, 0.05) is 49.3 Å². The van der Waals surface area contributed by atoms with E-state index >= 15 is 0 Å². The van der Waals surface area contributed by atoms with Crippen LogP contribution in [0.5, 0.6) is 0 Å². The summed E-state index contributed by atoms with van der Waals surface area (Å²) >= 11 is 3.51. The first kappa shape index (κ1) is 18.6. The summed E-state index contributed by atoms with van der Waals surface area (Å²) in [5.41, 5.74) is 1.09. The van der Waals surface area contributed by atoms with Gasteiger partial charge >= 0.3 is 0 Å². The zero-order valence-electron chi connectivity index (χ0n) is 15.1. The molecule has 138 valence electrons. The lowest BCUT2D eigenvalue weighted by Crippen LogP contribution is -2.38. The monoisotopic (exact) mass is 388 g/mol. The van der Waals surface area contributed by atoms with Crippen molar-refractivity contribution in [3.8, 4) is 10.6 Å². The molecule has 0 saturated carbocycles. The molecule has 0 spiro atoms. The Morgan fingerprint density at radius 3 is 2.88 bits per heavy atom. The topological polar surface area (TPSA) is 67.1 Å².